The molecule has 1 saturated carbocycles. The van der Waals surface area contributed by atoms with Crippen molar-refractivity contribution in [1.82, 2.24) is 4.72 Å². The fraction of sp³-hybridized carbons (Fsp3) is 1.00. The molecular formula is C7H14FNS. The third-order valence-electron chi connectivity index (χ3n) is 2.01. The summed E-state index contributed by atoms with van der Waals surface area (Å²) in [4.78, 5) is 0. The van der Waals surface area contributed by atoms with Crippen molar-refractivity contribution in [3.8, 4) is 0 Å². The molecular weight excluding hydrogens is 149 g/mol. The number of alkyl halides is 1. The topological polar surface area (TPSA) is 12.0 Å². The van der Waals surface area contributed by atoms with Gasteiger partial charge in [-0.1, -0.05) is 18.4 Å². The summed E-state index contributed by atoms with van der Waals surface area (Å²) >= 11 is 1.62. The number of halogens is 1. The van der Waals surface area contributed by atoms with E-state index in [4.69, 9.17) is 0 Å². The van der Waals surface area contributed by atoms with Gasteiger partial charge in [0.2, 0.25) is 0 Å². The Labute approximate surface area is 65.9 Å². The molecule has 10 heavy (non-hydrogen) atoms. The molecule has 1 nitrogen and oxygen atoms in total. The highest BCUT2D eigenvalue weighted by Gasteiger charge is 2.26. The van der Waals surface area contributed by atoms with Gasteiger partial charge in [0.1, 0.15) is 6.17 Å². The molecule has 0 aromatic rings. The molecule has 0 aromatic carbocycles. The molecule has 1 N–H and O–H groups in total. The smallest absolute Gasteiger partial charge is 0.104 e. The minimum atomic E-state index is -0.527. The van der Waals surface area contributed by atoms with Crippen molar-refractivity contribution in [2.45, 2.75) is 25.4 Å². The third kappa shape index (κ3) is 2.13. The van der Waals surface area contributed by atoms with Crippen LogP contribution in [0.2, 0.25) is 0 Å². The van der Waals surface area contributed by atoms with Crippen LogP contribution in [0.4, 0.5) is 4.39 Å². The molecule has 2 atom stereocenters. The average molecular weight is 163 g/mol. The number of nitrogens with one attached hydrogen (secondary N) is 1. The van der Waals surface area contributed by atoms with E-state index in [-0.39, 0.29) is 0 Å². The zero-order valence-corrected chi connectivity index (χ0v) is 7.09. The van der Waals surface area contributed by atoms with E-state index >= 15 is 0 Å². The molecule has 1 unspecified atom stereocenters. The van der Waals surface area contributed by atoms with Crippen LogP contribution < -0.4 is 4.72 Å². The van der Waals surface area contributed by atoms with Crippen LogP contribution in [0.5, 0.6) is 0 Å². The zero-order valence-electron chi connectivity index (χ0n) is 6.27. The predicted octanol–water partition coefficient (Wildman–Crippen LogP) is 1.99. The van der Waals surface area contributed by atoms with Crippen molar-refractivity contribution in [2.24, 2.45) is 5.92 Å². The average Bonchev–Trinajstić information content (AvgIpc) is 2.31. The maximum atomic E-state index is 12.9. The summed E-state index contributed by atoms with van der Waals surface area (Å²) in [5, 5.41) is 0. The second-order valence-electron chi connectivity index (χ2n) is 2.72. The van der Waals surface area contributed by atoms with E-state index in [1.54, 1.807) is 11.9 Å². The van der Waals surface area contributed by atoms with E-state index in [1.807, 2.05) is 7.05 Å². The van der Waals surface area contributed by atoms with Gasteiger partial charge in [-0.15, -0.1) is 0 Å². The number of hydrogen-bond donors (Lipinski definition) is 1. The first-order valence-corrected chi connectivity index (χ1v) is 4.75. The van der Waals surface area contributed by atoms with Crippen LogP contribution in [0.1, 0.15) is 19.3 Å². The van der Waals surface area contributed by atoms with Gasteiger partial charge >= 0.3 is 0 Å². The van der Waals surface area contributed by atoms with Crippen molar-refractivity contribution in [2.75, 3.05) is 12.8 Å². The highest BCUT2D eigenvalue weighted by Crippen LogP contribution is 2.30. The first-order chi connectivity index (χ1) is 4.84. The normalized spacial score (nSPS) is 33.0. The highest BCUT2D eigenvalue weighted by molar-refractivity contribution is 7.97. The van der Waals surface area contributed by atoms with E-state index in [9.17, 15) is 4.39 Å². The van der Waals surface area contributed by atoms with Gasteiger partial charge in [-0.3, -0.25) is 4.72 Å². The Morgan fingerprint density at radius 3 is 2.90 bits per heavy atom. The Morgan fingerprint density at radius 1 is 1.60 bits per heavy atom. The summed E-state index contributed by atoms with van der Waals surface area (Å²) in [6.07, 6.45) is 2.42. The predicted molar refractivity (Wildman–Crippen MR) is 43.8 cm³/mol. The van der Waals surface area contributed by atoms with Crippen LogP contribution >= 0.6 is 11.9 Å². The molecule has 1 fully saturated rings. The molecule has 0 aromatic heterocycles. The molecule has 0 heterocycles. The van der Waals surface area contributed by atoms with Gasteiger partial charge in [0.05, 0.1) is 0 Å². The van der Waals surface area contributed by atoms with Crippen LogP contribution in [0, 0.1) is 5.92 Å². The first kappa shape index (κ1) is 8.34. The van der Waals surface area contributed by atoms with Crippen LogP contribution in [-0.2, 0) is 0 Å². The highest BCUT2D eigenvalue weighted by atomic mass is 32.2. The van der Waals surface area contributed by atoms with Gasteiger partial charge in [0.25, 0.3) is 0 Å². The van der Waals surface area contributed by atoms with E-state index < -0.39 is 6.17 Å². The van der Waals surface area contributed by atoms with E-state index in [2.05, 4.69) is 4.72 Å². The summed E-state index contributed by atoms with van der Waals surface area (Å²) < 4.78 is 15.8. The number of hydrogen-bond acceptors (Lipinski definition) is 2. The molecule has 0 saturated heterocycles. The van der Waals surface area contributed by atoms with Crippen molar-refractivity contribution in [3.63, 3.8) is 0 Å². The van der Waals surface area contributed by atoms with Crippen molar-refractivity contribution in [3.05, 3.63) is 0 Å². The van der Waals surface area contributed by atoms with Crippen LogP contribution in [-0.4, -0.2) is 19.0 Å². The third-order valence-corrected chi connectivity index (χ3v) is 2.89. The van der Waals surface area contributed by atoms with E-state index in [1.165, 1.54) is 0 Å². The Balaban J connectivity index is 2.14. The summed E-state index contributed by atoms with van der Waals surface area (Å²) in [6.45, 7) is 0. The molecule has 1 aliphatic carbocycles. The van der Waals surface area contributed by atoms with Crippen molar-refractivity contribution < 1.29 is 4.39 Å². The second-order valence-corrected chi connectivity index (χ2v) is 3.75. The Hall–Kier alpha value is 0.240. The SMILES string of the molecule is CNSC[C@@H]1CCCC1F. The lowest BCUT2D eigenvalue weighted by Crippen LogP contribution is -2.12. The molecule has 0 bridgehead atoms. The molecule has 1 aliphatic rings. The quantitative estimate of drug-likeness (QED) is 0.639. The molecule has 1 rings (SSSR count). The van der Waals surface area contributed by atoms with Crippen LogP contribution in [0.15, 0.2) is 0 Å². The fourth-order valence-corrected chi connectivity index (χ4v) is 2.13. The monoisotopic (exact) mass is 163 g/mol. The standard InChI is InChI=1S/C7H14FNS/c1-9-10-5-6-3-2-4-7(6)8/h6-7,9H,2-5H2,1H3/t6-,7?/m0/s1. The lowest BCUT2D eigenvalue weighted by atomic mass is 10.1. The lowest BCUT2D eigenvalue weighted by Gasteiger charge is -2.10. The van der Waals surface area contributed by atoms with Crippen molar-refractivity contribution in [1.29, 1.82) is 0 Å². The second kappa shape index (κ2) is 4.19. The van der Waals surface area contributed by atoms with Gasteiger partial charge in [-0.2, -0.15) is 0 Å². The lowest BCUT2D eigenvalue weighted by molar-refractivity contribution is 0.281. The van der Waals surface area contributed by atoms with E-state index in [0.717, 1.165) is 25.0 Å². The zero-order chi connectivity index (χ0) is 7.40. The van der Waals surface area contributed by atoms with Gasteiger partial charge in [0.15, 0.2) is 0 Å². The summed E-state index contributed by atoms with van der Waals surface area (Å²) in [5.74, 6) is 1.25. The minimum Gasteiger partial charge on any atom is -0.267 e. The Morgan fingerprint density at radius 2 is 2.40 bits per heavy atom. The summed E-state index contributed by atoms with van der Waals surface area (Å²) in [6, 6.07) is 0. The van der Waals surface area contributed by atoms with E-state index in [0.29, 0.717) is 5.92 Å². The van der Waals surface area contributed by atoms with Crippen molar-refractivity contribution >= 4 is 11.9 Å². The fourth-order valence-electron chi connectivity index (χ4n) is 1.37. The maximum Gasteiger partial charge on any atom is 0.104 e. The van der Waals surface area contributed by atoms with Gasteiger partial charge in [0, 0.05) is 11.7 Å². The van der Waals surface area contributed by atoms with Gasteiger partial charge < -0.3 is 0 Å². The maximum absolute atomic E-state index is 12.9. The molecule has 0 aliphatic heterocycles. The first-order valence-electron chi connectivity index (χ1n) is 3.77. The molecule has 0 radical (unpaired) electrons. The Kier molecular flexibility index (Phi) is 3.49. The summed E-state index contributed by atoms with van der Waals surface area (Å²) in [5.41, 5.74) is 0. The largest absolute Gasteiger partial charge is 0.267 e. The molecule has 60 valence electrons. The summed E-state index contributed by atoms with van der Waals surface area (Å²) in [7, 11) is 1.88. The van der Waals surface area contributed by atoms with Crippen LogP contribution in [0.25, 0.3) is 0 Å². The van der Waals surface area contributed by atoms with Crippen LogP contribution in [0.3, 0.4) is 0 Å². The molecule has 0 spiro atoms. The minimum absolute atomic E-state index is 0.317. The van der Waals surface area contributed by atoms with Gasteiger partial charge in [-0.25, -0.2) is 4.39 Å². The number of rotatable bonds is 3. The Bertz CT molecular complexity index is 99.6. The molecule has 0 amide bonds. The van der Waals surface area contributed by atoms with Gasteiger partial charge in [-0.05, 0) is 19.9 Å². The molecule has 3 heteroatoms.